The Morgan fingerprint density at radius 1 is 0.884 bits per heavy atom. The molecule has 4 aromatic carbocycles. The average molecular weight is 623 g/mol. The number of hydrogen-bond donors (Lipinski definition) is 0. The fourth-order valence-corrected chi connectivity index (χ4v) is 6.44. The zero-order valence-corrected chi connectivity index (χ0v) is 26.4. The van der Waals surface area contributed by atoms with Crippen molar-refractivity contribution in [3.8, 4) is 17.2 Å². The zero-order valence-electron chi connectivity index (χ0n) is 24.7. The molecule has 1 aliphatic heterocycles. The summed E-state index contributed by atoms with van der Waals surface area (Å²) in [4.78, 5) is 32.9. The smallest absolute Gasteiger partial charge is 0.339 e. The number of carbonyl (C=O) groups is 2. The number of fused-ring (bicyclic) bond motifs is 3. The number of carbonyl (C=O) groups excluding carboxylic acids is 2. The number of nitrogens with zero attached hydrogens (tertiary/aromatic N) is 2. The third-order valence-corrected chi connectivity index (χ3v) is 8.69. The molecule has 5 rings (SSSR count). The lowest BCUT2D eigenvalue weighted by Crippen LogP contribution is -2.45. The fraction of sp³-hybridized carbons (Fsp3) is 0.273. The maximum atomic E-state index is 14.5. The topological polar surface area (TPSA) is 77.5 Å². The Labute approximate surface area is 262 Å². The number of anilines is 1. The lowest BCUT2D eigenvalue weighted by Gasteiger charge is -2.29. The van der Waals surface area contributed by atoms with Crippen LogP contribution in [0.1, 0.15) is 21.2 Å². The third-order valence-electron chi connectivity index (χ3n) is 7.25. The van der Waals surface area contributed by atoms with Gasteiger partial charge in [-0.3, -0.25) is 4.79 Å². The molecule has 4 aromatic rings. The summed E-state index contributed by atoms with van der Waals surface area (Å²) in [6.07, 6.45) is -1.11. The molecule has 226 valence electrons. The van der Waals surface area contributed by atoms with Gasteiger partial charge in [0.1, 0.15) is 5.75 Å². The van der Waals surface area contributed by atoms with Crippen molar-refractivity contribution in [2.45, 2.75) is 16.2 Å². The van der Waals surface area contributed by atoms with Crippen LogP contribution >= 0.6 is 24.2 Å². The first-order valence-corrected chi connectivity index (χ1v) is 14.4. The van der Waals surface area contributed by atoms with E-state index < -0.39 is 17.3 Å². The van der Waals surface area contributed by atoms with Gasteiger partial charge in [-0.1, -0.05) is 42.5 Å². The summed E-state index contributed by atoms with van der Waals surface area (Å²) in [5.74, 6) is 0.668. The van der Waals surface area contributed by atoms with Crippen molar-refractivity contribution < 1.29 is 28.5 Å². The van der Waals surface area contributed by atoms with Gasteiger partial charge in [0.05, 0.1) is 37.8 Å². The molecule has 0 aliphatic carbocycles. The maximum absolute atomic E-state index is 14.5. The first kappa shape index (κ1) is 32.0. The molecule has 2 atom stereocenters. The van der Waals surface area contributed by atoms with Gasteiger partial charge >= 0.3 is 5.97 Å². The van der Waals surface area contributed by atoms with E-state index in [4.69, 9.17) is 18.9 Å². The predicted octanol–water partition coefficient (Wildman–Crippen LogP) is 6.25. The predicted molar refractivity (Wildman–Crippen MR) is 172 cm³/mol. The Balaban J connectivity index is 0.00000423. The van der Waals surface area contributed by atoms with Crippen molar-refractivity contribution in [3.05, 3.63) is 90.0 Å². The number of ether oxygens (including phenoxy) is 4. The Bertz CT molecular complexity index is 1600. The van der Waals surface area contributed by atoms with Crippen LogP contribution in [0.5, 0.6) is 17.2 Å². The molecule has 0 radical (unpaired) electrons. The van der Waals surface area contributed by atoms with Crippen molar-refractivity contribution >= 4 is 52.5 Å². The van der Waals surface area contributed by atoms with E-state index in [1.165, 1.54) is 26.0 Å². The van der Waals surface area contributed by atoms with Crippen LogP contribution in [0.4, 0.5) is 5.69 Å². The fourth-order valence-electron chi connectivity index (χ4n) is 4.98. The van der Waals surface area contributed by atoms with Crippen LogP contribution in [-0.2, 0) is 9.53 Å². The Morgan fingerprint density at radius 3 is 2.28 bits per heavy atom. The standard InChI is InChI=1S/C33H34N2O6S.ClH/c1-34(2)18-19-35-26-16-12-21-8-6-7-9-25(21)31(26)42-30(22-10-14-24(38-3)15-11-22)29(32(35)36)41-33(37)23-13-17-27(39-4)28(20-23)40-5;/h6-17,20,29-30H,18-19H2,1-5H3;1H/t29-,30+;/m1./s1. The molecule has 1 amide bonds. The molecule has 0 N–H and O–H groups in total. The van der Waals surface area contributed by atoms with Crippen LogP contribution in [-0.4, -0.2) is 71.4 Å². The first-order chi connectivity index (χ1) is 20.3. The molecule has 1 heterocycles. The molecule has 0 spiro atoms. The summed E-state index contributed by atoms with van der Waals surface area (Å²) in [5.41, 5.74) is 1.90. The Hall–Kier alpha value is -3.92. The molecular weight excluding hydrogens is 588 g/mol. The molecule has 1 aliphatic rings. The molecule has 0 saturated carbocycles. The summed E-state index contributed by atoms with van der Waals surface area (Å²) < 4.78 is 22.3. The van der Waals surface area contributed by atoms with E-state index in [0.29, 0.717) is 30.3 Å². The number of esters is 1. The van der Waals surface area contributed by atoms with Crippen LogP contribution in [0.15, 0.2) is 83.8 Å². The Kier molecular flexibility index (Phi) is 10.4. The van der Waals surface area contributed by atoms with E-state index in [1.54, 1.807) is 30.2 Å². The van der Waals surface area contributed by atoms with Crippen molar-refractivity contribution in [1.82, 2.24) is 4.90 Å². The largest absolute Gasteiger partial charge is 0.497 e. The van der Waals surface area contributed by atoms with Crippen molar-refractivity contribution in [1.29, 1.82) is 0 Å². The molecule has 0 unspecified atom stereocenters. The van der Waals surface area contributed by atoms with E-state index in [2.05, 4.69) is 12.1 Å². The first-order valence-electron chi connectivity index (χ1n) is 13.6. The molecule has 0 bridgehead atoms. The third kappa shape index (κ3) is 6.69. The number of methoxy groups -OCH3 is 3. The summed E-state index contributed by atoms with van der Waals surface area (Å²) in [7, 11) is 8.57. The lowest BCUT2D eigenvalue weighted by molar-refractivity contribution is -0.127. The molecule has 43 heavy (non-hydrogen) atoms. The highest BCUT2D eigenvalue weighted by Crippen LogP contribution is 2.49. The molecule has 0 fully saturated rings. The van der Waals surface area contributed by atoms with E-state index in [9.17, 15) is 9.59 Å². The number of halogens is 1. The van der Waals surface area contributed by atoms with E-state index in [-0.39, 0.29) is 23.9 Å². The zero-order chi connectivity index (χ0) is 29.8. The summed E-state index contributed by atoms with van der Waals surface area (Å²) in [5, 5.41) is 1.58. The van der Waals surface area contributed by atoms with Crippen molar-refractivity contribution in [2.75, 3.05) is 53.4 Å². The van der Waals surface area contributed by atoms with Gasteiger partial charge in [0, 0.05) is 18.0 Å². The number of thioether (sulfide) groups is 1. The summed E-state index contributed by atoms with van der Waals surface area (Å²) in [6.45, 7) is 1.06. The molecular formula is C33H35ClN2O6S. The highest BCUT2D eigenvalue weighted by Gasteiger charge is 2.42. The van der Waals surface area contributed by atoms with Crippen molar-refractivity contribution in [3.63, 3.8) is 0 Å². The average Bonchev–Trinajstić information content (AvgIpc) is 3.13. The second-order valence-electron chi connectivity index (χ2n) is 10.1. The van der Waals surface area contributed by atoms with E-state index >= 15 is 0 Å². The number of rotatable bonds is 9. The number of likely N-dealkylation sites (N-methyl/N-ethyl adjacent to an activating group) is 1. The lowest BCUT2D eigenvalue weighted by atomic mass is 10.0. The summed E-state index contributed by atoms with van der Waals surface area (Å²) >= 11 is 1.54. The monoisotopic (exact) mass is 622 g/mol. The summed E-state index contributed by atoms with van der Waals surface area (Å²) in [6, 6.07) is 24.5. The Morgan fingerprint density at radius 2 is 1.60 bits per heavy atom. The minimum absolute atomic E-state index is 0. The highest BCUT2D eigenvalue weighted by molar-refractivity contribution is 8.00. The maximum Gasteiger partial charge on any atom is 0.339 e. The van der Waals surface area contributed by atoms with Crippen LogP contribution in [0, 0.1) is 0 Å². The van der Waals surface area contributed by atoms with Crippen LogP contribution in [0.2, 0.25) is 0 Å². The molecule has 0 saturated heterocycles. The second kappa shape index (κ2) is 14.0. The quantitative estimate of drug-likeness (QED) is 0.203. The SMILES string of the molecule is COc1ccc([C@@H]2Sc3c(ccc4ccccc34)N(CCN(C)C)C(=O)[C@@H]2OC(=O)c2ccc(OC)c(OC)c2)cc1.Cl. The van der Waals surface area contributed by atoms with Gasteiger partial charge in [0.25, 0.3) is 5.91 Å². The normalized spacial score (nSPS) is 16.2. The molecule has 8 nitrogen and oxygen atoms in total. The minimum atomic E-state index is -1.11. The molecule has 10 heteroatoms. The van der Waals surface area contributed by atoms with Gasteiger partial charge in [0.15, 0.2) is 17.6 Å². The van der Waals surface area contributed by atoms with Gasteiger partial charge in [-0.05, 0) is 66.8 Å². The van der Waals surface area contributed by atoms with E-state index in [1.807, 2.05) is 67.5 Å². The number of amides is 1. The van der Waals surface area contributed by atoms with Gasteiger partial charge < -0.3 is 28.7 Å². The number of benzene rings is 4. The minimum Gasteiger partial charge on any atom is -0.497 e. The highest BCUT2D eigenvalue weighted by atomic mass is 35.5. The van der Waals surface area contributed by atoms with Crippen LogP contribution < -0.4 is 19.1 Å². The van der Waals surface area contributed by atoms with Crippen LogP contribution in [0.3, 0.4) is 0 Å². The van der Waals surface area contributed by atoms with Crippen molar-refractivity contribution in [2.24, 2.45) is 0 Å². The molecule has 0 aromatic heterocycles. The van der Waals surface area contributed by atoms with Gasteiger partial charge in [-0.2, -0.15) is 0 Å². The van der Waals surface area contributed by atoms with Gasteiger partial charge in [-0.25, -0.2) is 4.79 Å². The van der Waals surface area contributed by atoms with E-state index in [0.717, 1.165) is 26.9 Å². The number of hydrogen-bond acceptors (Lipinski definition) is 8. The van der Waals surface area contributed by atoms with Gasteiger partial charge in [-0.15, -0.1) is 24.2 Å². The van der Waals surface area contributed by atoms with Crippen LogP contribution in [0.25, 0.3) is 10.8 Å². The second-order valence-corrected chi connectivity index (χ2v) is 11.3. The van der Waals surface area contributed by atoms with Gasteiger partial charge in [0.2, 0.25) is 0 Å².